The SMILES string of the molecule is Clc1ccc(ON=Cc2ccccc2)cc1. The molecule has 0 aromatic heterocycles. The highest BCUT2D eigenvalue weighted by molar-refractivity contribution is 6.30. The molecular weight excluding hydrogens is 222 g/mol. The van der Waals surface area contributed by atoms with Gasteiger partial charge >= 0.3 is 0 Å². The highest BCUT2D eigenvalue weighted by Gasteiger charge is 1.91. The predicted octanol–water partition coefficient (Wildman–Crippen LogP) is 3.75. The molecule has 16 heavy (non-hydrogen) atoms. The number of oxime groups is 1. The molecule has 3 heteroatoms. The van der Waals surface area contributed by atoms with Crippen molar-refractivity contribution in [3.05, 3.63) is 65.2 Å². The van der Waals surface area contributed by atoms with E-state index in [1.54, 1.807) is 30.5 Å². The first-order valence-electron chi connectivity index (χ1n) is 4.85. The van der Waals surface area contributed by atoms with Gasteiger partial charge in [0.05, 0.1) is 6.21 Å². The first-order chi connectivity index (χ1) is 7.84. The molecule has 0 bridgehead atoms. The van der Waals surface area contributed by atoms with Crippen molar-refractivity contribution in [1.29, 1.82) is 0 Å². The fourth-order valence-corrected chi connectivity index (χ4v) is 1.31. The van der Waals surface area contributed by atoms with Gasteiger partial charge in [0.15, 0.2) is 5.75 Å². The molecule has 0 amide bonds. The van der Waals surface area contributed by atoms with Gasteiger partial charge in [-0.2, -0.15) is 0 Å². The van der Waals surface area contributed by atoms with Crippen molar-refractivity contribution < 1.29 is 4.84 Å². The molecule has 0 radical (unpaired) electrons. The lowest BCUT2D eigenvalue weighted by Crippen LogP contribution is -1.85. The van der Waals surface area contributed by atoms with Gasteiger partial charge in [0.25, 0.3) is 0 Å². The third-order valence-electron chi connectivity index (χ3n) is 1.97. The van der Waals surface area contributed by atoms with Gasteiger partial charge < -0.3 is 4.84 Å². The van der Waals surface area contributed by atoms with E-state index >= 15 is 0 Å². The Hall–Kier alpha value is -1.80. The van der Waals surface area contributed by atoms with E-state index in [1.807, 2.05) is 30.3 Å². The topological polar surface area (TPSA) is 21.6 Å². The molecule has 0 spiro atoms. The second-order valence-electron chi connectivity index (χ2n) is 3.19. The summed E-state index contributed by atoms with van der Waals surface area (Å²) in [5.74, 6) is 0.664. The van der Waals surface area contributed by atoms with Crippen LogP contribution in [0.15, 0.2) is 59.8 Å². The minimum absolute atomic E-state index is 0.664. The van der Waals surface area contributed by atoms with Crippen molar-refractivity contribution in [2.75, 3.05) is 0 Å². The van der Waals surface area contributed by atoms with E-state index < -0.39 is 0 Å². The normalized spacial score (nSPS) is 10.6. The van der Waals surface area contributed by atoms with Crippen molar-refractivity contribution in [3.63, 3.8) is 0 Å². The van der Waals surface area contributed by atoms with Crippen LogP contribution in [-0.4, -0.2) is 6.21 Å². The predicted molar refractivity (Wildman–Crippen MR) is 66.1 cm³/mol. The Balaban J connectivity index is 1.97. The number of rotatable bonds is 3. The Labute approximate surface area is 99.1 Å². The van der Waals surface area contributed by atoms with Gasteiger partial charge in [-0.1, -0.05) is 47.1 Å². The molecule has 0 N–H and O–H groups in total. The monoisotopic (exact) mass is 231 g/mol. The summed E-state index contributed by atoms with van der Waals surface area (Å²) >= 11 is 5.75. The number of hydrogen-bond donors (Lipinski definition) is 0. The van der Waals surface area contributed by atoms with Crippen molar-refractivity contribution in [2.45, 2.75) is 0 Å². The minimum Gasteiger partial charge on any atom is -0.357 e. The highest BCUT2D eigenvalue weighted by Crippen LogP contribution is 2.15. The minimum atomic E-state index is 0.664. The van der Waals surface area contributed by atoms with Crippen LogP contribution in [-0.2, 0) is 0 Å². The van der Waals surface area contributed by atoms with Gasteiger partial charge in [0.1, 0.15) is 0 Å². The molecule has 2 aromatic rings. The van der Waals surface area contributed by atoms with E-state index in [0.717, 1.165) is 5.56 Å². The van der Waals surface area contributed by atoms with Crippen LogP contribution in [0, 0.1) is 0 Å². The van der Waals surface area contributed by atoms with E-state index in [1.165, 1.54) is 0 Å². The first-order valence-corrected chi connectivity index (χ1v) is 5.23. The average molecular weight is 232 g/mol. The van der Waals surface area contributed by atoms with Gasteiger partial charge in [-0.3, -0.25) is 0 Å². The van der Waals surface area contributed by atoms with Crippen molar-refractivity contribution in [3.8, 4) is 5.75 Å². The van der Waals surface area contributed by atoms with Crippen LogP contribution in [0.4, 0.5) is 0 Å². The molecule has 0 fully saturated rings. The summed E-state index contributed by atoms with van der Waals surface area (Å²) in [5, 5.41) is 4.55. The Morgan fingerprint density at radius 1 is 0.938 bits per heavy atom. The molecule has 2 aromatic carbocycles. The second kappa shape index (κ2) is 5.33. The Morgan fingerprint density at radius 3 is 2.31 bits per heavy atom. The summed E-state index contributed by atoms with van der Waals surface area (Å²) < 4.78 is 0. The first kappa shape index (κ1) is 10.7. The molecule has 0 aliphatic carbocycles. The van der Waals surface area contributed by atoms with Gasteiger partial charge in [0.2, 0.25) is 0 Å². The third kappa shape index (κ3) is 3.11. The van der Waals surface area contributed by atoms with Crippen LogP contribution in [0.2, 0.25) is 5.02 Å². The standard InChI is InChI=1S/C13H10ClNO/c14-12-6-8-13(9-7-12)16-15-10-11-4-2-1-3-5-11/h1-10H. The van der Waals surface area contributed by atoms with Gasteiger partial charge in [0, 0.05) is 5.02 Å². The summed E-state index contributed by atoms with van der Waals surface area (Å²) in [6, 6.07) is 16.8. The Bertz CT molecular complexity index is 465. The summed E-state index contributed by atoms with van der Waals surface area (Å²) in [6.07, 6.45) is 1.66. The number of nitrogens with zero attached hydrogens (tertiary/aromatic N) is 1. The van der Waals surface area contributed by atoms with Crippen LogP contribution < -0.4 is 4.84 Å². The Kier molecular flexibility index (Phi) is 3.57. The molecule has 80 valence electrons. The van der Waals surface area contributed by atoms with E-state index in [0.29, 0.717) is 10.8 Å². The maximum atomic E-state index is 5.75. The van der Waals surface area contributed by atoms with Crippen molar-refractivity contribution >= 4 is 17.8 Å². The van der Waals surface area contributed by atoms with E-state index in [4.69, 9.17) is 16.4 Å². The number of benzene rings is 2. The summed E-state index contributed by atoms with van der Waals surface area (Å²) in [4.78, 5) is 5.18. The van der Waals surface area contributed by atoms with Gasteiger partial charge in [-0.25, -0.2) is 0 Å². The summed E-state index contributed by atoms with van der Waals surface area (Å²) in [5.41, 5.74) is 0.997. The van der Waals surface area contributed by atoms with E-state index in [2.05, 4.69) is 5.16 Å². The highest BCUT2D eigenvalue weighted by atomic mass is 35.5. The van der Waals surface area contributed by atoms with Crippen LogP contribution in [0.1, 0.15) is 5.56 Å². The zero-order valence-corrected chi connectivity index (χ0v) is 9.26. The smallest absolute Gasteiger partial charge is 0.158 e. The molecule has 0 atom stereocenters. The molecule has 0 saturated carbocycles. The molecule has 0 aliphatic rings. The molecule has 2 rings (SSSR count). The largest absolute Gasteiger partial charge is 0.357 e. The zero-order chi connectivity index (χ0) is 11.2. The van der Waals surface area contributed by atoms with Crippen LogP contribution in [0.5, 0.6) is 5.75 Å². The van der Waals surface area contributed by atoms with E-state index in [-0.39, 0.29) is 0 Å². The maximum absolute atomic E-state index is 5.75. The maximum Gasteiger partial charge on any atom is 0.158 e. The van der Waals surface area contributed by atoms with Crippen LogP contribution >= 0.6 is 11.6 Å². The molecule has 0 aliphatic heterocycles. The second-order valence-corrected chi connectivity index (χ2v) is 3.63. The third-order valence-corrected chi connectivity index (χ3v) is 2.23. The lowest BCUT2D eigenvalue weighted by molar-refractivity contribution is 0.344. The van der Waals surface area contributed by atoms with Gasteiger partial charge in [-0.15, -0.1) is 0 Å². The van der Waals surface area contributed by atoms with Crippen molar-refractivity contribution in [1.82, 2.24) is 0 Å². The quantitative estimate of drug-likeness (QED) is 0.582. The van der Waals surface area contributed by atoms with Gasteiger partial charge in [-0.05, 0) is 29.8 Å². The summed E-state index contributed by atoms with van der Waals surface area (Å²) in [6.45, 7) is 0. The zero-order valence-electron chi connectivity index (χ0n) is 8.51. The lowest BCUT2D eigenvalue weighted by Gasteiger charge is -1.97. The van der Waals surface area contributed by atoms with Crippen LogP contribution in [0.25, 0.3) is 0 Å². The summed E-state index contributed by atoms with van der Waals surface area (Å²) in [7, 11) is 0. The molecule has 2 nitrogen and oxygen atoms in total. The number of halogens is 1. The van der Waals surface area contributed by atoms with Crippen LogP contribution in [0.3, 0.4) is 0 Å². The fourth-order valence-electron chi connectivity index (χ4n) is 1.18. The lowest BCUT2D eigenvalue weighted by atomic mass is 10.2. The molecular formula is C13H10ClNO. The fraction of sp³-hybridized carbons (Fsp3) is 0. The molecule has 0 saturated heterocycles. The number of hydrogen-bond acceptors (Lipinski definition) is 2. The van der Waals surface area contributed by atoms with E-state index in [9.17, 15) is 0 Å². The van der Waals surface area contributed by atoms with Crippen molar-refractivity contribution in [2.24, 2.45) is 5.16 Å². The molecule has 0 unspecified atom stereocenters. The Morgan fingerprint density at radius 2 is 1.62 bits per heavy atom. The molecule has 0 heterocycles. The average Bonchev–Trinajstić information content (AvgIpc) is 2.33.